The van der Waals surface area contributed by atoms with E-state index in [1.165, 1.54) is 27.4 Å². The molecule has 0 aliphatic heterocycles. The number of carboxylic acid groups (broad SMARTS) is 1. The molecule has 0 saturated carbocycles. The SMILES string of the molecule is COc1cc(CCC(=O)NCc2cc(C(=O)O)c(C)o2)cc(OC)c1OC. The van der Waals surface area contributed by atoms with Crippen LogP contribution in [0.25, 0.3) is 0 Å². The summed E-state index contributed by atoms with van der Waals surface area (Å²) in [7, 11) is 4.59. The van der Waals surface area contributed by atoms with E-state index in [0.29, 0.717) is 35.2 Å². The molecule has 2 aromatic rings. The largest absolute Gasteiger partial charge is 0.493 e. The number of furan rings is 1. The maximum absolute atomic E-state index is 12.1. The summed E-state index contributed by atoms with van der Waals surface area (Å²) in [4.78, 5) is 23.1. The van der Waals surface area contributed by atoms with E-state index in [0.717, 1.165) is 5.56 Å². The summed E-state index contributed by atoms with van der Waals surface area (Å²) >= 11 is 0. The number of hydrogen-bond donors (Lipinski definition) is 2. The zero-order valence-corrected chi connectivity index (χ0v) is 15.8. The fourth-order valence-corrected chi connectivity index (χ4v) is 2.65. The van der Waals surface area contributed by atoms with E-state index < -0.39 is 5.97 Å². The summed E-state index contributed by atoms with van der Waals surface area (Å²) in [6, 6.07) is 5.00. The second kappa shape index (κ2) is 8.98. The van der Waals surface area contributed by atoms with Gasteiger partial charge in [-0.05, 0) is 37.1 Å². The van der Waals surface area contributed by atoms with E-state index in [4.69, 9.17) is 23.7 Å². The fraction of sp³-hybridized carbons (Fsp3) is 0.368. The van der Waals surface area contributed by atoms with Crippen molar-refractivity contribution < 1.29 is 33.3 Å². The normalized spacial score (nSPS) is 10.4. The summed E-state index contributed by atoms with van der Waals surface area (Å²) in [5.41, 5.74) is 0.957. The third-order valence-corrected chi connectivity index (χ3v) is 4.02. The Balaban J connectivity index is 1.95. The Labute approximate surface area is 157 Å². The molecule has 0 bridgehead atoms. The Kier molecular flexibility index (Phi) is 6.70. The molecule has 27 heavy (non-hydrogen) atoms. The van der Waals surface area contributed by atoms with Crippen LogP contribution in [0.4, 0.5) is 0 Å². The van der Waals surface area contributed by atoms with Crippen LogP contribution in [0, 0.1) is 6.92 Å². The van der Waals surface area contributed by atoms with Crippen molar-refractivity contribution in [3.8, 4) is 17.2 Å². The Bertz CT molecular complexity index is 800. The van der Waals surface area contributed by atoms with E-state index in [1.54, 1.807) is 19.1 Å². The molecule has 0 aliphatic carbocycles. The van der Waals surface area contributed by atoms with Crippen LogP contribution < -0.4 is 19.5 Å². The number of aryl methyl sites for hydroxylation is 2. The molecule has 1 aromatic carbocycles. The van der Waals surface area contributed by atoms with Gasteiger partial charge in [0.1, 0.15) is 17.1 Å². The standard InChI is InChI=1S/C19H23NO7/c1-11-14(19(22)23)9-13(27-11)10-20-17(21)6-5-12-7-15(24-2)18(26-4)16(8-12)25-3/h7-9H,5-6,10H2,1-4H3,(H,20,21)(H,22,23). The molecule has 0 unspecified atom stereocenters. The molecule has 8 nitrogen and oxygen atoms in total. The zero-order valence-electron chi connectivity index (χ0n) is 15.8. The number of methoxy groups -OCH3 is 3. The lowest BCUT2D eigenvalue weighted by Gasteiger charge is -2.14. The first-order valence-corrected chi connectivity index (χ1v) is 8.27. The molecule has 1 aromatic heterocycles. The highest BCUT2D eigenvalue weighted by Crippen LogP contribution is 2.38. The molecule has 0 spiro atoms. The summed E-state index contributed by atoms with van der Waals surface area (Å²) in [5.74, 6) is 1.01. The molecule has 146 valence electrons. The lowest BCUT2D eigenvalue weighted by molar-refractivity contribution is -0.121. The first-order valence-electron chi connectivity index (χ1n) is 8.27. The number of aromatic carboxylic acids is 1. The average molecular weight is 377 g/mol. The van der Waals surface area contributed by atoms with Crippen LogP contribution in [-0.4, -0.2) is 38.3 Å². The van der Waals surface area contributed by atoms with Gasteiger partial charge in [0.2, 0.25) is 11.7 Å². The quantitative estimate of drug-likeness (QED) is 0.691. The molecule has 2 rings (SSSR count). The highest BCUT2D eigenvalue weighted by atomic mass is 16.5. The zero-order chi connectivity index (χ0) is 20.0. The maximum atomic E-state index is 12.1. The predicted octanol–water partition coefficient (Wildman–Crippen LogP) is 2.56. The fourth-order valence-electron chi connectivity index (χ4n) is 2.65. The minimum absolute atomic E-state index is 0.0941. The summed E-state index contributed by atoms with van der Waals surface area (Å²) < 4.78 is 21.2. The number of nitrogens with one attached hydrogen (secondary N) is 1. The van der Waals surface area contributed by atoms with Crippen LogP contribution in [0.5, 0.6) is 17.2 Å². The molecule has 0 radical (unpaired) electrons. The monoisotopic (exact) mass is 377 g/mol. The molecule has 1 heterocycles. The van der Waals surface area contributed by atoms with E-state index in [2.05, 4.69) is 5.32 Å². The molecule has 8 heteroatoms. The smallest absolute Gasteiger partial charge is 0.339 e. The molecular formula is C19H23NO7. The van der Waals surface area contributed by atoms with Crippen molar-refractivity contribution in [2.75, 3.05) is 21.3 Å². The first-order chi connectivity index (χ1) is 12.9. The number of carbonyl (C=O) groups excluding carboxylic acids is 1. The minimum atomic E-state index is -1.06. The van der Waals surface area contributed by atoms with Crippen molar-refractivity contribution in [2.24, 2.45) is 0 Å². The summed E-state index contributed by atoms with van der Waals surface area (Å²) in [6.45, 7) is 1.70. The van der Waals surface area contributed by atoms with Gasteiger partial charge in [-0.2, -0.15) is 0 Å². The number of amides is 1. The van der Waals surface area contributed by atoms with Gasteiger partial charge in [0.25, 0.3) is 0 Å². The number of ether oxygens (including phenoxy) is 3. The second-order valence-electron chi connectivity index (χ2n) is 5.80. The van der Waals surface area contributed by atoms with Gasteiger partial charge < -0.3 is 29.1 Å². The molecule has 1 amide bonds. The van der Waals surface area contributed by atoms with Gasteiger partial charge in [0, 0.05) is 6.42 Å². The topological polar surface area (TPSA) is 107 Å². The van der Waals surface area contributed by atoms with Gasteiger partial charge in [-0.3, -0.25) is 4.79 Å². The van der Waals surface area contributed by atoms with E-state index in [1.807, 2.05) is 0 Å². The van der Waals surface area contributed by atoms with Gasteiger partial charge >= 0.3 is 5.97 Å². The third kappa shape index (κ3) is 4.93. The lowest BCUT2D eigenvalue weighted by atomic mass is 10.1. The van der Waals surface area contributed by atoms with Crippen molar-refractivity contribution in [3.05, 3.63) is 40.8 Å². The Morgan fingerprint density at radius 2 is 1.70 bits per heavy atom. The summed E-state index contributed by atoms with van der Waals surface area (Å²) in [5, 5.41) is 11.7. The van der Waals surface area contributed by atoms with Crippen molar-refractivity contribution in [1.82, 2.24) is 5.32 Å². The average Bonchev–Trinajstić information content (AvgIpc) is 3.04. The van der Waals surface area contributed by atoms with Crippen LogP contribution in [0.3, 0.4) is 0 Å². The van der Waals surface area contributed by atoms with Gasteiger partial charge in [-0.15, -0.1) is 0 Å². The molecule has 0 aliphatic rings. The van der Waals surface area contributed by atoms with E-state index >= 15 is 0 Å². The molecule has 2 N–H and O–H groups in total. The Morgan fingerprint density at radius 1 is 1.07 bits per heavy atom. The highest BCUT2D eigenvalue weighted by Gasteiger charge is 2.15. The number of carboxylic acids is 1. The van der Waals surface area contributed by atoms with Gasteiger partial charge in [-0.25, -0.2) is 4.79 Å². The molecule has 0 saturated heterocycles. The van der Waals surface area contributed by atoms with Crippen LogP contribution in [0.15, 0.2) is 22.6 Å². The van der Waals surface area contributed by atoms with Crippen LogP contribution in [0.1, 0.15) is 33.9 Å². The number of hydrogen-bond acceptors (Lipinski definition) is 6. The number of benzene rings is 1. The number of carbonyl (C=O) groups is 2. The predicted molar refractivity (Wildman–Crippen MR) is 96.7 cm³/mol. The van der Waals surface area contributed by atoms with E-state index in [-0.39, 0.29) is 24.4 Å². The minimum Gasteiger partial charge on any atom is -0.493 e. The second-order valence-corrected chi connectivity index (χ2v) is 5.80. The van der Waals surface area contributed by atoms with Crippen LogP contribution in [-0.2, 0) is 17.8 Å². The van der Waals surface area contributed by atoms with Crippen molar-refractivity contribution >= 4 is 11.9 Å². The molecule has 0 atom stereocenters. The van der Waals surface area contributed by atoms with Crippen LogP contribution in [0.2, 0.25) is 0 Å². The van der Waals surface area contributed by atoms with Crippen molar-refractivity contribution in [1.29, 1.82) is 0 Å². The first kappa shape index (κ1) is 20.2. The van der Waals surface area contributed by atoms with Crippen LogP contribution >= 0.6 is 0 Å². The maximum Gasteiger partial charge on any atom is 0.339 e. The van der Waals surface area contributed by atoms with Crippen molar-refractivity contribution in [2.45, 2.75) is 26.3 Å². The lowest BCUT2D eigenvalue weighted by Crippen LogP contribution is -2.22. The van der Waals surface area contributed by atoms with Gasteiger partial charge in [0.05, 0.1) is 27.9 Å². The highest BCUT2D eigenvalue weighted by molar-refractivity contribution is 5.88. The molecular weight excluding hydrogens is 354 g/mol. The van der Waals surface area contributed by atoms with E-state index in [9.17, 15) is 9.59 Å². The van der Waals surface area contributed by atoms with Gasteiger partial charge in [-0.1, -0.05) is 0 Å². The molecule has 0 fully saturated rings. The summed E-state index contributed by atoms with van der Waals surface area (Å²) in [6.07, 6.45) is 0.713. The van der Waals surface area contributed by atoms with Crippen molar-refractivity contribution in [3.63, 3.8) is 0 Å². The van der Waals surface area contributed by atoms with Gasteiger partial charge in [0.15, 0.2) is 11.5 Å². The Hall–Kier alpha value is -3.16. The Morgan fingerprint density at radius 3 is 2.19 bits per heavy atom. The number of rotatable bonds is 9. The third-order valence-electron chi connectivity index (χ3n) is 4.02.